The first-order valence-electron chi connectivity index (χ1n) is 6.10. The fourth-order valence-electron chi connectivity index (χ4n) is 1.89. The number of nitrogens with zero attached hydrogens (tertiary/aromatic N) is 2. The van der Waals surface area contributed by atoms with E-state index in [0.29, 0.717) is 12.5 Å². The minimum Gasteiger partial charge on any atom is -0.478 e. The molecule has 0 radical (unpaired) electrons. The van der Waals surface area contributed by atoms with Crippen molar-refractivity contribution in [3.63, 3.8) is 0 Å². The number of aromatic carboxylic acids is 1. The van der Waals surface area contributed by atoms with E-state index in [0.717, 1.165) is 19.4 Å². The molecule has 2 rings (SSSR count). The topological polar surface area (TPSA) is 70.5 Å². The van der Waals surface area contributed by atoms with E-state index in [1.54, 1.807) is 4.90 Å². The van der Waals surface area contributed by atoms with Crippen LogP contribution in [0.4, 0.5) is 0 Å². The van der Waals surface area contributed by atoms with Gasteiger partial charge in [-0.3, -0.25) is 9.78 Å². The molecule has 1 amide bonds. The summed E-state index contributed by atoms with van der Waals surface area (Å²) in [5, 5.41) is 9.05. The first-order chi connectivity index (χ1) is 8.63. The standard InChI is InChI=1S/C13H16N2O3/c1-2-15(8-9-3-4-9)12(16)10-5-6-14-7-11(10)13(17)18/h5-7,9H,2-4,8H2,1H3,(H,17,18). The molecule has 1 fully saturated rings. The number of amides is 1. The lowest BCUT2D eigenvalue weighted by molar-refractivity contribution is 0.0674. The smallest absolute Gasteiger partial charge is 0.338 e. The Bertz CT molecular complexity index is 469. The molecule has 1 heterocycles. The summed E-state index contributed by atoms with van der Waals surface area (Å²) >= 11 is 0. The summed E-state index contributed by atoms with van der Waals surface area (Å²) in [7, 11) is 0. The Morgan fingerprint density at radius 1 is 1.44 bits per heavy atom. The molecular weight excluding hydrogens is 232 g/mol. The van der Waals surface area contributed by atoms with Crippen molar-refractivity contribution in [3.05, 3.63) is 29.6 Å². The maximum atomic E-state index is 12.3. The summed E-state index contributed by atoms with van der Waals surface area (Å²) in [5.41, 5.74) is 0.191. The van der Waals surface area contributed by atoms with Gasteiger partial charge in [-0.25, -0.2) is 4.79 Å². The fourth-order valence-corrected chi connectivity index (χ4v) is 1.89. The third kappa shape index (κ3) is 2.67. The fraction of sp³-hybridized carbons (Fsp3) is 0.462. The van der Waals surface area contributed by atoms with Gasteiger partial charge in [0.05, 0.1) is 11.1 Å². The molecule has 96 valence electrons. The second-order valence-electron chi connectivity index (χ2n) is 4.51. The number of hydrogen-bond acceptors (Lipinski definition) is 3. The molecule has 1 N–H and O–H groups in total. The van der Waals surface area contributed by atoms with Crippen LogP contribution in [-0.2, 0) is 0 Å². The maximum absolute atomic E-state index is 12.3. The Hall–Kier alpha value is -1.91. The van der Waals surface area contributed by atoms with E-state index in [9.17, 15) is 9.59 Å². The normalized spacial score (nSPS) is 14.3. The Balaban J connectivity index is 2.23. The average molecular weight is 248 g/mol. The van der Waals surface area contributed by atoms with E-state index in [4.69, 9.17) is 5.11 Å². The number of carboxylic acids is 1. The number of carboxylic acid groups (broad SMARTS) is 1. The van der Waals surface area contributed by atoms with Gasteiger partial charge < -0.3 is 10.0 Å². The molecule has 5 nitrogen and oxygen atoms in total. The molecule has 1 aromatic rings. The van der Waals surface area contributed by atoms with Crippen molar-refractivity contribution in [1.29, 1.82) is 0 Å². The van der Waals surface area contributed by atoms with Gasteiger partial charge in [-0.05, 0) is 31.7 Å². The van der Waals surface area contributed by atoms with Crippen LogP contribution in [0, 0.1) is 5.92 Å². The lowest BCUT2D eigenvalue weighted by Gasteiger charge is -2.21. The Labute approximate surface area is 105 Å². The second kappa shape index (κ2) is 5.16. The van der Waals surface area contributed by atoms with E-state index >= 15 is 0 Å². The van der Waals surface area contributed by atoms with Gasteiger partial charge in [-0.15, -0.1) is 0 Å². The van der Waals surface area contributed by atoms with Crippen LogP contribution in [0.15, 0.2) is 18.5 Å². The highest BCUT2D eigenvalue weighted by atomic mass is 16.4. The van der Waals surface area contributed by atoms with Crippen molar-refractivity contribution < 1.29 is 14.7 Å². The average Bonchev–Trinajstić information content (AvgIpc) is 3.19. The Kier molecular flexibility index (Phi) is 3.60. The monoisotopic (exact) mass is 248 g/mol. The summed E-state index contributed by atoms with van der Waals surface area (Å²) in [6, 6.07) is 1.47. The highest BCUT2D eigenvalue weighted by Crippen LogP contribution is 2.30. The van der Waals surface area contributed by atoms with Crippen LogP contribution in [0.1, 0.15) is 40.5 Å². The third-order valence-corrected chi connectivity index (χ3v) is 3.13. The summed E-state index contributed by atoms with van der Waals surface area (Å²) in [4.78, 5) is 28.8. The van der Waals surface area contributed by atoms with E-state index in [2.05, 4.69) is 4.98 Å². The molecule has 18 heavy (non-hydrogen) atoms. The van der Waals surface area contributed by atoms with Crippen molar-refractivity contribution in [2.45, 2.75) is 19.8 Å². The number of carbonyl (C=O) groups is 2. The zero-order chi connectivity index (χ0) is 13.1. The van der Waals surface area contributed by atoms with Crippen LogP contribution < -0.4 is 0 Å². The van der Waals surface area contributed by atoms with Crippen LogP contribution >= 0.6 is 0 Å². The van der Waals surface area contributed by atoms with Gasteiger partial charge in [0.15, 0.2) is 0 Å². The number of hydrogen-bond donors (Lipinski definition) is 1. The molecular formula is C13H16N2O3. The van der Waals surface area contributed by atoms with Crippen molar-refractivity contribution in [1.82, 2.24) is 9.88 Å². The molecule has 0 aromatic carbocycles. The molecule has 0 aliphatic heterocycles. The lowest BCUT2D eigenvalue weighted by Crippen LogP contribution is -2.33. The van der Waals surface area contributed by atoms with Crippen molar-refractivity contribution >= 4 is 11.9 Å². The van der Waals surface area contributed by atoms with Gasteiger partial charge in [0.1, 0.15) is 0 Å². The van der Waals surface area contributed by atoms with E-state index in [-0.39, 0.29) is 17.0 Å². The summed E-state index contributed by atoms with van der Waals surface area (Å²) < 4.78 is 0. The number of carbonyl (C=O) groups excluding carboxylic acids is 1. The van der Waals surface area contributed by atoms with Gasteiger partial charge in [0.25, 0.3) is 5.91 Å². The highest BCUT2D eigenvalue weighted by Gasteiger charge is 2.28. The first kappa shape index (κ1) is 12.5. The van der Waals surface area contributed by atoms with Crippen molar-refractivity contribution in [2.75, 3.05) is 13.1 Å². The number of pyridine rings is 1. The largest absolute Gasteiger partial charge is 0.478 e. The van der Waals surface area contributed by atoms with Crippen LogP contribution in [0.2, 0.25) is 0 Å². The van der Waals surface area contributed by atoms with Gasteiger partial charge in [-0.1, -0.05) is 0 Å². The van der Waals surface area contributed by atoms with Gasteiger partial charge >= 0.3 is 5.97 Å². The maximum Gasteiger partial charge on any atom is 0.338 e. The molecule has 0 unspecified atom stereocenters. The molecule has 1 saturated carbocycles. The van der Waals surface area contributed by atoms with Crippen LogP contribution in [0.3, 0.4) is 0 Å². The molecule has 1 aromatic heterocycles. The molecule has 1 aliphatic carbocycles. The minimum absolute atomic E-state index is 0.0308. The predicted octanol–water partition coefficient (Wildman–Crippen LogP) is 1.65. The Morgan fingerprint density at radius 2 is 2.17 bits per heavy atom. The van der Waals surface area contributed by atoms with Crippen LogP contribution in [-0.4, -0.2) is 40.0 Å². The van der Waals surface area contributed by atoms with Crippen LogP contribution in [0.25, 0.3) is 0 Å². The summed E-state index contributed by atoms with van der Waals surface area (Å²) in [6.07, 6.45) is 4.99. The van der Waals surface area contributed by atoms with Gasteiger partial charge in [0, 0.05) is 25.5 Å². The van der Waals surface area contributed by atoms with Crippen molar-refractivity contribution in [3.8, 4) is 0 Å². The quantitative estimate of drug-likeness (QED) is 0.860. The predicted molar refractivity (Wildman–Crippen MR) is 65.5 cm³/mol. The lowest BCUT2D eigenvalue weighted by atomic mass is 10.1. The summed E-state index contributed by atoms with van der Waals surface area (Å²) in [5.74, 6) is -0.748. The molecule has 0 spiro atoms. The van der Waals surface area contributed by atoms with Gasteiger partial charge in [0.2, 0.25) is 0 Å². The number of rotatable bonds is 5. The zero-order valence-corrected chi connectivity index (χ0v) is 10.3. The zero-order valence-electron chi connectivity index (χ0n) is 10.3. The molecule has 0 atom stereocenters. The van der Waals surface area contributed by atoms with E-state index in [1.807, 2.05) is 6.92 Å². The minimum atomic E-state index is -1.12. The SMILES string of the molecule is CCN(CC1CC1)C(=O)c1ccncc1C(=O)O. The molecule has 5 heteroatoms. The second-order valence-corrected chi connectivity index (χ2v) is 4.51. The number of aromatic nitrogens is 1. The first-order valence-corrected chi connectivity index (χ1v) is 6.10. The summed E-state index contributed by atoms with van der Waals surface area (Å²) in [6.45, 7) is 3.22. The van der Waals surface area contributed by atoms with E-state index < -0.39 is 5.97 Å². The van der Waals surface area contributed by atoms with Crippen LogP contribution in [0.5, 0.6) is 0 Å². The van der Waals surface area contributed by atoms with E-state index in [1.165, 1.54) is 18.5 Å². The molecule has 0 bridgehead atoms. The molecule has 1 aliphatic rings. The third-order valence-electron chi connectivity index (χ3n) is 3.13. The highest BCUT2D eigenvalue weighted by molar-refractivity contribution is 6.04. The molecule has 0 saturated heterocycles. The Morgan fingerprint density at radius 3 is 2.72 bits per heavy atom. The van der Waals surface area contributed by atoms with Gasteiger partial charge in [-0.2, -0.15) is 0 Å². The van der Waals surface area contributed by atoms with Crippen molar-refractivity contribution in [2.24, 2.45) is 5.92 Å².